The summed E-state index contributed by atoms with van der Waals surface area (Å²) in [5.74, 6) is 1.65. The number of nitrogens with one attached hydrogen (secondary N) is 2. The smallest absolute Gasteiger partial charge is 0.229 e. The molecule has 10 heteroatoms. The Balaban J connectivity index is 1.32. The minimum atomic E-state index is -0.564. The average Bonchev–Trinajstić information content (AvgIpc) is 2.90. The zero-order chi connectivity index (χ0) is 24.5. The van der Waals surface area contributed by atoms with Crippen LogP contribution in [0.25, 0.3) is 0 Å². The Morgan fingerprint density at radius 3 is 2.46 bits per heavy atom. The van der Waals surface area contributed by atoms with Crippen molar-refractivity contribution in [2.45, 2.75) is 6.42 Å². The molecule has 1 aliphatic heterocycles. The highest BCUT2D eigenvalue weighted by Crippen LogP contribution is 2.31. The quantitative estimate of drug-likeness (QED) is 0.389. The van der Waals surface area contributed by atoms with Crippen molar-refractivity contribution in [1.82, 2.24) is 14.9 Å². The molecular formula is C25H30FN5O4. The predicted molar refractivity (Wildman–Crippen MR) is 132 cm³/mol. The van der Waals surface area contributed by atoms with Crippen LogP contribution in [0.15, 0.2) is 48.7 Å². The van der Waals surface area contributed by atoms with E-state index in [2.05, 4.69) is 25.5 Å². The number of rotatable bonds is 11. The van der Waals surface area contributed by atoms with Crippen LogP contribution in [-0.2, 0) is 4.74 Å². The second-order valence-electron chi connectivity index (χ2n) is 7.89. The van der Waals surface area contributed by atoms with Crippen LogP contribution in [0.3, 0.4) is 0 Å². The number of benzene rings is 2. The zero-order valence-corrected chi connectivity index (χ0v) is 19.9. The molecule has 0 saturated carbocycles. The van der Waals surface area contributed by atoms with Crippen LogP contribution in [0, 0.1) is 5.82 Å². The number of hydrogen-bond donors (Lipinski definition) is 2. The molecular weight excluding hydrogens is 453 g/mol. The third-order valence-electron chi connectivity index (χ3n) is 5.49. The monoisotopic (exact) mass is 483 g/mol. The number of anilines is 4. The van der Waals surface area contributed by atoms with Crippen LogP contribution in [0.2, 0.25) is 0 Å². The minimum absolute atomic E-state index is 0.0576. The molecule has 0 unspecified atom stereocenters. The normalized spacial score (nSPS) is 13.8. The van der Waals surface area contributed by atoms with Gasteiger partial charge in [-0.25, -0.2) is 9.37 Å². The summed E-state index contributed by atoms with van der Waals surface area (Å²) in [6.07, 6.45) is 2.06. The maximum absolute atomic E-state index is 14.4. The molecule has 0 spiro atoms. The van der Waals surface area contributed by atoms with Crippen LogP contribution in [-0.4, -0.2) is 68.5 Å². The van der Waals surface area contributed by atoms with E-state index in [-0.39, 0.29) is 11.8 Å². The third kappa shape index (κ3) is 6.93. The summed E-state index contributed by atoms with van der Waals surface area (Å²) in [4.78, 5) is 10.7. The molecule has 186 valence electrons. The first-order valence-electron chi connectivity index (χ1n) is 11.5. The zero-order valence-electron chi connectivity index (χ0n) is 19.9. The van der Waals surface area contributed by atoms with E-state index in [0.717, 1.165) is 51.2 Å². The van der Waals surface area contributed by atoms with Crippen molar-refractivity contribution in [1.29, 1.82) is 0 Å². The number of morpholine rings is 1. The maximum Gasteiger partial charge on any atom is 0.229 e. The molecule has 1 saturated heterocycles. The summed E-state index contributed by atoms with van der Waals surface area (Å²) in [5.41, 5.74) is 1.36. The number of nitrogens with zero attached hydrogens (tertiary/aromatic N) is 3. The van der Waals surface area contributed by atoms with Crippen LogP contribution >= 0.6 is 0 Å². The van der Waals surface area contributed by atoms with Gasteiger partial charge in [0.25, 0.3) is 0 Å². The lowest BCUT2D eigenvalue weighted by atomic mass is 10.3. The number of hydrogen-bond acceptors (Lipinski definition) is 9. The Labute approximate surface area is 204 Å². The molecule has 0 radical (unpaired) electrons. The van der Waals surface area contributed by atoms with Crippen molar-refractivity contribution in [3.05, 3.63) is 54.5 Å². The lowest BCUT2D eigenvalue weighted by Gasteiger charge is -2.26. The summed E-state index contributed by atoms with van der Waals surface area (Å²) in [5, 5.41) is 6.04. The Hall–Kier alpha value is -3.63. The van der Waals surface area contributed by atoms with E-state index >= 15 is 0 Å². The van der Waals surface area contributed by atoms with Crippen molar-refractivity contribution in [3.8, 4) is 17.2 Å². The second-order valence-corrected chi connectivity index (χ2v) is 7.89. The molecule has 0 amide bonds. The van der Waals surface area contributed by atoms with Gasteiger partial charge in [0, 0.05) is 37.1 Å². The van der Waals surface area contributed by atoms with Gasteiger partial charge in [0.05, 0.1) is 40.2 Å². The average molecular weight is 484 g/mol. The topological polar surface area (TPSA) is 90.0 Å². The summed E-state index contributed by atoms with van der Waals surface area (Å²) in [6, 6.07) is 12.6. The van der Waals surface area contributed by atoms with Crippen molar-refractivity contribution in [3.63, 3.8) is 0 Å². The van der Waals surface area contributed by atoms with Crippen LogP contribution < -0.4 is 24.8 Å². The largest absolute Gasteiger partial charge is 0.494 e. The van der Waals surface area contributed by atoms with Gasteiger partial charge in [-0.15, -0.1) is 0 Å². The summed E-state index contributed by atoms with van der Waals surface area (Å²) < 4.78 is 36.1. The molecule has 35 heavy (non-hydrogen) atoms. The molecule has 2 aromatic carbocycles. The van der Waals surface area contributed by atoms with Crippen molar-refractivity contribution in [2.24, 2.45) is 0 Å². The Bertz CT molecular complexity index is 1090. The number of ether oxygens (including phenoxy) is 4. The fraction of sp³-hybridized carbons (Fsp3) is 0.360. The Morgan fingerprint density at radius 2 is 1.71 bits per heavy atom. The molecule has 2 N–H and O–H groups in total. The summed E-state index contributed by atoms with van der Waals surface area (Å²) in [7, 11) is 3.12. The maximum atomic E-state index is 14.4. The van der Waals surface area contributed by atoms with Gasteiger partial charge in [0.1, 0.15) is 5.75 Å². The highest BCUT2D eigenvalue weighted by atomic mass is 19.1. The van der Waals surface area contributed by atoms with E-state index in [9.17, 15) is 4.39 Å². The highest BCUT2D eigenvalue weighted by Gasteiger charge is 2.11. The fourth-order valence-electron chi connectivity index (χ4n) is 3.63. The van der Waals surface area contributed by atoms with Gasteiger partial charge in [-0.1, -0.05) is 0 Å². The van der Waals surface area contributed by atoms with Crippen LogP contribution in [0.1, 0.15) is 6.42 Å². The molecule has 1 aliphatic rings. The lowest BCUT2D eigenvalue weighted by Crippen LogP contribution is -2.37. The molecule has 0 aliphatic carbocycles. The molecule has 1 aromatic heterocycles. The van der Waals surface area contributed by atoms with E-state index in [4.69, 9.17) is 18.9 Å². The van der Waals surface area contributed by atoms with Crippen molar-refractivity contribution < 1.29 is 23.3 Å². The second kappa shape index (κ2) is 12.2. The third-order valence-corrected chi connectivity index (χ3v) is 5.49. The van der Waals surface area contributed by atoms with Crippen LogP contribution in [0.5, 0.6) is 17.2 Å². The first-order valence-corrected chi connectivity index (χ1v) is 11.5. The predicted octanol–water partition coefficient (Wildman–Crippen LogP) is 4.22. The van der Waals surface area contributed by atoms with Gasteiger partial charge in [0.15, 0.2) is 23.1 Å². The van der Waals surface area contributed by atoms with Gasteiger partial charge in [-0.3, -0.25) is 4.90 Å². The Morgan fingerprint density at radius 1 is 0.971 bits per heavy atom. The molecule has 3 aromatic rings. The van der Waals surface area contributed by atoms with E-state index in [0.29, 0.717) is 29.5 Å². The molecule has 2 heterocycles. The highest BCUT2D eigenvalue weighted by molar-refractivity contribution is 5.62. The number of halogens is 1. The molecule has 1 fully saturated rings. The standard InChI is InChI=1S/C25H30FN5O4/c1-32-22-9-6-19(16-23(22)33-2)29-25-27-17-21(26)24(30-25)28-18-4-7-20(8-5-18)35-13-3-10-31-11-14-34-15-12-31/h4-9,16-17H,3,10-15H2,1-2H3,(H2,27,28,29,30). The minimum Gasteiger partial charge on any atom is -0.494 e. The van der Waals surface area contributed by atoms with Gasteiger partial charge >= 0.3 is 0 Å². The van der Waals surface area contributed by atoms with Crippen molar-refractivity contribution in [2.75, 3.05) is 64.3 Å². The van der Waals surface area contributed by atoms with Gasteiger partial charge in [-0.05, 0) is 42.8 Å². The van der Waals surface area contributed by atoms with E-state index < -0.39 is 5.82 Å². The first kappa shape index (κ1) is 24.5. The van der Waals surface area contributed by atoms with E-state index in [1.807, 2.05) is 24.3 Å². The van der Waals surface area contributed by atoms with Gasteiger partial charge in [0.2, 0.25) is 5.95 Å². The van der Waals surface area contributed by atoms with Gasteiger partial charge in [-0.2, -0.15) is 4.98 Å². The number of aromatic nitrogens is 2. The fourth-order valence-corrected chi connectivity index (χ4v) is 3.63. The van der Waals surface area contributed by atoms with E-state index in [1.165, 1.54) is 0 Å². The first-order chi connectivity index (χ1) is 17.1. The van der Waals surface area contributed by atoms with E-state index in [1.54, 1.807) is 32.4 Å². The summed E-state index contributed by atoms with van der Waals surface area (Å²) in [6.45, 7) is 5.19. The van der Waals surface area contributed by atoms with Crippen molar-refractivity contribution >= 4 is 23.1 Å². The SMILES string of the molecule is COc1ccc(Nc2ncc(F)c(Nc3ccc(OCCCN4CCOCC4)cc3)n2)cc1OC. The van der Waals surface area contributed by atoms with Crippen LogP contribution in [0.4, 0.5) is 27.5 Å². The Kier molecular flexibility index (Phi) is 8.53. The molecule has 4 rings (SSSR count). The molecule has 0 atom stereocenters. The summed E-state index contributed by atoms with van der Waals surface area (Å²) >= 11 is 0. The molecule has 0 bridgehead atoms. The lowest BCUT2D eigenvalue weighted by molar-refractivity contribution is 0.0358. The molecule has 9 nitrogen and oxygen atoms in total. The number of methoxy groups -OCH3 is 2. The van der Waals surface area contributed by atoms with Gasteiger partial charge < -0.3 is 29.6 Å².